The van der Waals surface area contributed by atoms with Gasteiger partial charge in [-0.05, 0) is 24.6 Å². The van der Waals surface area contributed by atoms with Gasteiger partial charge in [-0.15, -0.1) is 0 Å². The predicted octanol–water partition coefficient (Wildman–Crippen LogP) is 0.751. The molecule has 1 amide bonds. The highest BCUT2D eigenvalue weighted by molar-refractivity contribution is 5.81. The normalized spacial score (nSPS) is 9.94. The summed E-state index contributed by atoms with van der Waals surface area (Å²) in [6, 6.07) is 7.49. The van der Waals surface area contributed by atoms with E-state index in [1.807, 2.05) is 43.1 Å². The summed E-state index contributed by atoms with van der Waals surface area (Å²) < 4.78 is 0. The van der Waals surface area contributed by atoms with Gasteiger partial charge < -0.3 is 15.3 Å². The van der Waals surface area contributed by atoms with Crippen LogP contribution < -0.4 is 10.2 Å². The second-order valence-electron chi connectivity index (χ2n) is 3.63. The van der Waals surface area contributed by atoms with Crippen LogP contribution in [0.15, 0.2) is 24.3 Å². The fraction of sp³-hybridized carbons (Fsp3) is 0.417. The van der Waals surface area contributed by atoms with Gasteiger partial charge in [0.15, 0.2) is 0 Å². The third-order valence-electron chi connectivity index (χ3n) is 2.31. The maximum absolute atomic E-state index is 11.4. The van der Waals surface area contributed by atoms with E-state index >= 15 is 0 Å². The third-order valence-corrected chi connectivity index (χ3v) is 2.31. The summed E-state index contributed by atoms with van der Waals surface area (Å²) in [5.74, 6) is 0.0104. The molecule has 0 atom stereocenters. The lowest BCUT2D eigenvalue weighted by molar-refractivity contribution is -0.119. The van der Waals surface area contributed by atoms with Crippen LogP contribution in [-0.4, -0.2) is 31.2 Å². The van der Waals surface area contributed by atoms with Gasteiger partial charge in [-0.3, -0.25) is 4.79 Å². The number of benzene rings is 1. The molecule has 0 radical (unpaired) electrons. The molecule has 0 unspecified atom stereocenters. The standard InChI is InChI=1S/C12H18N2O2/c1-3-13-12(16)8-14(2)11-6-4-10(9-15)5-7-11/h4-7,15H,3,8-9H2,1-2H3,(H,13,16). The molecule has 4 nitrogen and oxygen atoms in total. The summed E-state index contributed by atoms with van der Waals surface area (Å²) in [4.78, 5) is 13.2. The number of carbonyl (C=O) groups excluding carboxylic acids is 1. The molecule has 0 heterocycles. The van der Waals surface area contributed by atoms with Crippen LogP contribution >= 0.6 is 0 Å². The monoisotopic (exact) mass is 222 g/mol. The third kappa shape index (κ3) is 3.55. The molecule has 16 heavy (non-hydrogen) atoms. The fourth-order valence-corrected chi connectivity index (χ4v) is 1.42. The predicted molar refractivity (Wildman–Crippen MR) is 64.3 cm³/mol. The van der Waals surface area contributed by atoms with Crippen molar-refractivity contribution in [1.82, 2.24) is 5.32 Å². The number of hydrogen-bond donors (Lipinski definition) is 2. The fourth-order valence-electron chi connectivity index (χ4n) is 1.42. The van der Waals surface area contributed by atoms with Crippen LogP contribution in [0.1, 0.15) is 12.5 Å². The van der Waals surface area contributed by atoms with Gasteiger partial charge in [-0.1, -0.05) is 12.1 Å². The van der Waals surface area contributed by atoms with Gasteiger partial charge in [0, 0.05) is 19.3 Å². The first kappa shape index (κ1) is 12.5. The molecule has 0 saturated heterocycles. The van der Waals surface area contributed by atoms with E-state index in [2.05, 4.69) is 5.32 Å². The smallest absolute Gasteiger partial charge is 0.239 e. The number of rotatable bonds is 5. The van der Waals surface area contributed by atoms with Crippen molar-refractivity contribution in [3.8, 4) is 0 Å². The van der Waals surface area contributed by atoms with Crippen molar-refractivity contribution in [3.63, 3.8) is 0 Å². The molecule has 88 valence electrons. The number of aliphatic hydroxyl groups excluding tert-OH is 1. The molecule has 0 spiro atoms. The van der Waals surface area contributed by atoms with Crippen LogP contribution in [0, 0.1) is 0 Å². The molecule has 0 saturated carbocycles. The molecular weight excluding hydrogens is 204 g/mol. The van der Waals surface area contributed by atoms with Gasteiger partial charge in [0.05, 0.1) is 13.2 Å². The first-order chi connectivity index (χ1) is 7.67. The van der Waals surface area contributed by atoms with Crippen LogP contribution in [0.2, 0.25) is 0 Å². The van der Waals surface area contributed by atoms with Gasteiger partial charge in [0.2, 0.25) is 5.91 Å². The van der Waals surface area contributed by atoms with E-state index < -0.39 is 0 Å². The number of anilines is 1. The minimum Gasteiger partial charge on any atom is -0.392 e. The summed E-state index contributed by atoms with van der Waals surface area (Å²) in [5.41, 5.74) is 1.83. The van der Waals surface area contributed by atoms with Gasteiger partial charge >= 0.3 is 0 Å². The van der Waals surface area contributed by atoms with Crippen LogP contribution in [0.5, 0.6) is 0 Å². The average Bonchev–Trinajstić information content (AvgIpc) is 2.29. The molecule has 1 aromatic rings. The molecule has 2 N–H and O–H groups in total. The molecule has 0 bridgehead atoms. The Morgan fingerprint density at radius 1 is 1.38 bits per heavy atom. The Kier molecular flexibility index (Phi) is 4.79. The Hall–Kier alpha value is -1.55. The van der Waals surface area contributed by atoms with Crippen LogP contribution in [0.4, 0.5) is 5.69 Å². The maximum Gasteiger partial charge on any atom is 0.239 e. The summed E-state index contributed by atoms with van der Waals surface area (Å²) >= 11 is 0. The lowest BCUT2D eigenvalue weighted by Gasteiger charge is -2.18. The quantitative estimate of drug-likeness (QED) is 0.773. The van der Waals surface area contributed by atoms with Crippen molar-refractivity contribution >= 4 is 11.6 Å². The Bertz CT molecular complexity index is 335. The van der Waals surface area contributed by atoms with Crippen LogP contribution in [0.3, 0.4) is 0 Å². The van der Waals surface area contributed by atoms with E-state index in [-0.39, 0.29) is 12.5 Å². The highest BCUT2D eigenvalue weighted by Gasteiger charge is 2.05. The number of hydrogen-bond acceptors (Lipinski definition) is 3. The molecule has 0 aliphatic rings. The zero-order valence-electron chi connectivity index (χ0n) is 9.73. The summed E-state index contributed by atoms with van der Waals surface area (Å²) in [5, 5.41) is 11.7. The number of amides is 1. The molecule has 1 aromatic carbocycles. The van der Waals surface area contributed by atoms with E-state index in [0.29, 0.717) is 13.1 Å². The summed E-state index contributed by atoms with van der Waals surface area (Å²) in [6.45, 7) is 2.93. The van der Waals surface area contributed by atoms with Gasteiger partial charge in [-0.25, -0.2) is 0 Å². The lowest BCUT2D eigenvalue weighted by Crippen LogP contribution is -2.34. The van der Waals surface area contributed by atoms with Gasteiger partial charge in [-0.2, -0.15) is 0 Å². The molecule has 0 fully saturated rings. The second-order valence-corrected chi connectivity index (χ2v) is 3.63. The van der Waals surface area contributed by atoms with Crippen molar-refractivity contribution in [2.24, 2.45) is 0 Å². The van der Waals surface area contributed by atoms with Crippen molar-refractivity contribution in [3.05, 3.63) is 29.8 Å². The minimum absolute atomic E-state index is 0.0104. The zero-order valence-corrected chi connectivity index (χ0v) is 9.73. The van der Waals surface area contributed by atoms with Crippen LogP contribution in [-0.2, 0) is 11.4 Å². The Morgan fingerprint density at radius 2 is 2.00 bits per heavy atom. The van der Waals surface area contributed by atoms with Crippen molar-refractivity contribution in [2.75, 3.05) is 25.0 Å². The van der Waals surface area contributed by atoms with Gasteiger partial charge in [0.1, 0.15) is 0 Å². The molecule has 0 aliphatic heterocycles. The minimum atomic E-state index is 0.0104. The van der Waals surface area contributed by atoms with Crippen molar-refractivity contribution in [1.29, 1.82) is 0 Å². The van der Waals surface area contributed by atoms with E-state index in [0.717, 1.165) is 11.3 Å². The summed E-state index contributed by atoms with van der Waals surface area (Å²) in [6.07, 6.45) is 0. The highest BCUT2D eigenvalue weighted by atomic mass is 16.3. The molecular formula is C12H18N2O2. The maximum atomic E-state index is 11.4. The van der Waals surface area contributed by atoms with E-state index in [1.54, 1.807) is 0 Å². The Balaban J connectivity index is 2.58. The van der Waals surface area contributed by atoms with Gasteiger partial charge in [0.25, 0.3) is 0 Å². The first-order valence-corrected chi connectivity index (χ1v) is 5.35. The van der Waals surface area contributed by atoms with Crippen molar-refractivity contribution in [2.45, 2.75) is 13.5 Å². The lowest BCUT2D eigenvalue weighted by atomic mass is 10.2. The Labute approximate surface area is 95.9 Å². The summed E-state index contributed by atoms with van der Waals surface area (Å²) in [7, 11) is 1.86. The van der Waals surface area contributed by atoms with Crippen molar-refractivity contribution < 1.29 is 9.90 Å². The average molecular weight is 222 g/mol. The number of nitrogens with one attached hydrogen (secondary N) is 1. The number of carbonyl (C=O) groups is 1. The van der Waals surface area contributed by atoms with E-state index in [1.165, 1.54) is 0 Å². The largest absolute Gasteiger partial charge is 0.392 e. The molecule has 0 aliphatic carbocycles. The van der Waals surface area contributed by atoms with E-state index in [4.69, 9.17) is 5.11 Å². The molecule has 1 rings (SSSR count). The topological polar surface area (TPSA) is 52.6 Å². The molecule has 0 aromatic heterocycles. The first-order valence-electron chi connectivity index (χ1n) is 5.35. The number of nitrogens with zero attached hydrogens (tertiary/aromatic N) is 1. The SMILES string of the molecule is CCNC(=O)CN(C)c1ccc(CO)cc1. The highest BCUT2D eigenvalue weighted by Crippen LogP contribution is 2.13. The number of likely N-dealkylation sites (N-methyl/N-ethyl adjacent to an activating group) is 2. The second kappa shape index (κ2) is 6.12. The number of aliphatic hydroxyl groups is 1. The zero-order chi connectivity index (χ0) is 12.0. The van der Waals surface area contributed by atoms with Crippen LogP contribution in [0.25, 0.3) is 0 Å². The molecule has 4 heteroatoms. The van der Waals surface area contributed by atoms with E-state index in [9.17, 15) is 4.79 Å². The Morgan fingerprint density at radius 3 is 2.50 bits per heavy atom.